The molecule has 5 heteroatoms. The number of aromatic nitrogens is 2. The van der Waals surface area contributed by atoms with Crippen LogP contribution in [0, 0.1) is 0 Å². The number of halogens is 3. The molecule has 80 valence electrons. The van der Waals surface area contributed by atoms with Crippen LogP contribution in [0.15, 0.2) is 30.5 Å². The van der Waals surface area contributed by atoms with Gasteiger partial charge >= 0.3 is 6.18 Å². The SMILES string of the molecule is CC(n1ncc2ccccc21)C(F)(F)F. The molecule has 0 amide bonds. The van der Waals surface area contributed by atoms with Gasteiger partial charge < -0.3 is 0 Å². The predicted octanol–water partition coefficient (Wildman–Crippen LogP) is 3.16. The number of rotatable bonds is 1. The quantitative estimate of drug-likeness (QED) is 0.713. The normalized spacial score (nSPS) is 14.4. The molecule has 0 radical (unpaired) electrons. The molecule has 2 rings (SSSR count). The Morgan fingerprint density at radius 3 is 2.60 bits per heavy atom. The lowest BCUT2D eigenvalue weighted by atomic mass is 10.2. The summed E-state index contributed by atoms with van der Waals surface area (Å²) in [7, 11) is 0. The first-order chi connectivity index (χ1) is 7.00. The highest BCUT2D eigenvalue weighted by Gasteiger charge is 2.38. The van der Waals surface area contributed by atoms with E-state index in [0.29, 0.717) is 10.9 Å². The van der Waals surface area contributed by atoms with Gasteiger partial charge in [0.1, 0.15) is 6.04 Å². The fourth-order valence-corrected chi connectivity index (χ4v) is 1.44. The van der Waals surface area contributed by atoms with Gasteiger partial charge in [-0.15, -0.1) is 0 Å². The molecule has 0 aliphatic heterocycles. The van der Waals surface area contributed by atoms with Gasteiger partial charge in [-0.2, -0.15) is 18.3 Å². The molecule has 0 aliphatic carbocycles. The van der Waals surface area contributed by atoms with Crippen LogP contribution in [0.2, 0.25) is 0 Å². The standard InChI is InChI=1S/C10H9F3N2/c1-7(10(11,12)13)15-9-5-3-2-4-8(9)6-14-15/h2-7H,1H3. The first-order valence-corrected chi connectivity index (χ1v) is 4.49. The molecule has 0 bridgehead atoms. The molecule has 1 aromatic heterocycles. The molecule has 15 heavy (non-hydrogen) atoms. The summed E-state index contributed by atoms with van der Waals surface area (Å²) < 4.78 is 38.4. The number of alkyl halides is 3. The zero-order chi connectivity index (χ0) is 11.1. The first-order valence-electron chi connectivity index (χ1n) is 4.49. The Morgan fingerprint density at radius 1 is 1.27 bits per heavy atom. The number of para-hydroxylation sites is 1. The van der Waals surface area contributed by atoms with E-state index < -0.39 is 12.2 Å². The summed E-state index contributed by atoms with van der Waals surface area (Å²) in [6.07, 6.45) is -2.83. The van der Waals surface area contributed by atoms with Crippen molar-refractivity contribution in [3.8, 4) is 0 Å². The van der Waals surface area contributed by atoms with Crippen molar-refractivity contribution in [2.75, 3.05) is 0 Å². The third kappa shape index (κ3) is 1.69. The van der Waals surface area contributed by atoms with E-state index in [-0.39, 0.29) is 0 Å². The highest BCUT2D eigenvalue weighted by Crippen LogP contribution is 2.31. The van der Waals surface area contributed by atoms with E-state index in [1.807, 2.05) is 0 Å². The molecule has 0 fully saturated rings. The summed E-state index contributed by atoms with van der Waals surface area (Å²) in [4.78, 5) is 0. The van der Waals surface area contributed by atoms with Gasteiger partial charge in [-0.1, -0.05) is 18.2 Å². The van der Waals surface area contributed by atoms with Crippen LogP contribution in [0.3, 0.4) is 0 Å². The molecule has 0 saturated carbocycles. The largest absolute Gasteiger partial charge is 0.410 e. The van der Waals surface area contributed by atoms with Gasteiger partial charge in [0.05, 0.1) is 11.7 Å². The Kier molecular flexibility index (Phi) is 2.17. The zero-order valence-corrected chi connectivity index (χ0v) is 7.99. The molecule has 0 spiro atoms. The average molecular weight is 214 g/mol. The number of hydrogen-bond acceptors (Lipinski definition) is 1. The van der Waals surface area contributed by atoms with E-state index in [1.165, 1.54) is 6.20 Å². The van der Waals surface area contributed by atoms with Crippen LogP contribution in [-0.4, -0.2) is 16.0 Å². The van der Waals surface area contributed by atoms with Crippen molar-refractivity contribution in [2.24, 2.45) is 0 Å². The van der Waals surface area contributed by atoms with Gasteiger partial charge in [-0.05, 0) is 13.0 Å². The fraction of sp³-hybridized carbons (Fsp3) is 0.300. The number of nitrogens with zero attached hydrogens (tertiary/aromatic N) is 2. The van der Waals surface area contributed by atoms with Crippen molar-refractivity contribution in [2.45, 2.75) is 19.1 Å². The summed E-state index contributed by atoms with van der Waals surface area (Å²) in [5.74, 6) is 0. The topological polar surface area (TPSA) is 17.8 Å². The molecule has 2 nitrogen and oxygen atoms in total. The summed E-state index contributed by atoms with van der Waals surface area (Å²) >= 11 is 0. The van der Waals surface area contributed by atoms with Crippen molar-refractivity contribution >= 4 is 10.9 Å². The molecular formula is C10H9F3N2. The second-order valence-electron chi connectivity index (χ2n) is 3.37. The van der Waals surface area contributed by atoms with Crippen LogP contribution in [-0.2, 0) is 0 Å². The van der Waals surface area contributed by atoms with Crippen LogP contribution < -0.4 is 0 Å². The van der Waals surface area contributed by atoms with Crippen LogP contribution in [0.4, 0.5) is 13.2 Å². The maximum atomic E-state index is 12.5. The van der Waals surface area contributed by atoms with Crippen LogP contribution >= 0.6 is 0 Å². The monoisotopic (exact) mass is 214 g/mol. The molecule has 0 saturated heterocycles. The van der Waals surface area contributed by atoms with E-state index in [4.69, 9.17) is 0 Å². The minimum absolute atomic E-state index is 0.502. The highest BCUT2D eigenvalue weighted by molar-refractivity contribution is 5.78. The summed E-state index contributed by atoms with van der Waals surface area (Å²) in [5.41, 5.74) is 0.502. The Morgan fingerprint density at radius 2 is 1.93 bits per heavy atom. The molecule has 0 N–H and O–H groups in total. The Hall–Kier alpha value is -1.52. The van der Waals surface area contributed by atoms with E-state index in [9.17, 15) is 13.2 Å². The minimum atomic E-state index is -4.27. The van der Waals surface area contributed by atoms with Crippen molar-refractivity contribution in [1.29, 1.82) is 0 Å². The molecular weight excluding hydrogens is 205 g/mol. The molecule has 2 aromatic rings. The maximum absolute atomic E-state index is 12.5. The van der Waals surface area contributed by atoms with E-state index >= 15 is 0 Å². The van der Waals surface area contributed by atoms with Gasteiger partial charge in [0.15, 0.2) is 0 Å². The molecule has 1 atom stereocenters. The number of hydrogen-bond donors (Lipinski definition) is 0. The number of fused-ring (bicyclic) bond motifs is 1. The lowest BCUT2D eigenvalue weighted by molar-refractivity contribution is -0.164. The summed E-state index contributed by atoms with van der Waals surface area (Å²) in [5, 5.41) is 4.47. The van der Waals surface area contributed by atoms with Crippen molar-refractivity contribution in [3.63, 3.8) is 0 Å². The van der Waals surface area contributed by atoms with Crippen LogP contribution in [0.5, 0.6) is 0 Å². The lowest BCUT2D eigenvalue weighted by Crippen LogP contribution is -2.24. The van der Waals surface area contributed by atoms with E-state index in [2.05, 4.69) is 5.10 Å². The third-order valence-electron chi connectivity index (χ3n) is 2.35. The number of benzene rings is 1. The first kappa shape index (κ1) is 10.0. The predicted molar refractivity (Wildman–Crippen MR) is 50.5 cm³/mol. The van der Waals surface area contributed by atoms with Gasteiger partial charge in [-0.25, -0.2) is 0 Å². The van der Waals surface area contributed by atoms with E-state index in [1.54, 1.807) is 24.3 Å². The molecule has 1 heterocycles. The van der Waals surface area contributed by atoms with Crippen molar-refractivity contribution < 1.29 is 13.2 Å². The van der Waals surface area contributed by atoms with Gasteiger partial charge in [0.2, 0.25) is 0 Å². The zero-order valence-electron chi connectivity index (χ0n) is 7.99. The van der Waals surface area contributed by atoms with Gasteiger partial charge in [-0.3, -0.25) is 4.68 Å². The van der Waals surface area contributed by atoms with Crippen molar-refractivity contribution in [3.05, 3.63) is 30.5 Å². The minimum Gasteiger partial charge on any atom is -0.253 e. The van der Waals surface area contributed by atoms with Crippen LogP contribution in [0.25, 0.3) is 10.9 Å². The Bertz CT molecular complexity index is 473. The average Bonchev–Trinajstić information content (AvgIpc) is 2.58. The summed E-state index contributed by atoms with van der Waals surface area (Å²) in [6, 6.07) is 5.24. The van der Waals surface area contributed by atoms with Crippen molar-refractivity contribution in [1.82, 2.24) is 9.78 Å². The molecule has 1 aromatic carbocycles. The van der Waals surface area contributed by atoms with Crippen LogP contribution in [0.1, 0.15) is 13.0 Å². The Balaban J connectivity index is 2.53. The second-order valence-corrected chi connectivity index (χ2v) is 3.37. The second kappa shape index (κ2) is 3.25. The molecule has 0 aliphatic rings. The summed E-state index contributed by atoms with van der Waals surface area (Å²) in [6.45, 7) is 1.10. The van der Waals surface area contributed by atoms with E-state index in [0.717, 1.165) is 11.6 Å². The fourth-order valence-electron chi connectivity index (χ4n) is 1.44. The van der Waals surface area contributed by atoms with Gasteiger partial charge in [0.25, 0.3) is 0 Å². The lowest BCUT2D eigenvalue weighted by Gasteiger charge is -2.16. The molecule has 1 unspecified atom stereocenters. The Labute approximate surface area is 84.3 Å². The smallest absolute Gasteiger partial charge is 0.253 e. The maximum Gasteiger partial charge on any atom is 0.410 e. The highest BCUT2D eigenvalue weighted by atomic mass is 19.4. The third-order valence-corrected chi connectivity index (χ3v) is 2.35. The van der Waals surface area contributed by atoms with Gasteiger partial charge in [0, 0.05) is 5.39 Å².